The maximum absolute atomic E-state index is 6.18. The predicted molar refractivity (Wildman–Crippen MR) is 118 cm³/mol. The van der Waals surface area contributed by atoms with Crippen molar-refractivity contribution >= 4 is 16.7 Å². The molecule has 4 aromatic rings. The number of benzene rings is 1. The van der Waals surface area contributed by atoms with Crippen molar-refractivity contribution in [2.24, 2.45) is 7.05 Å². The first kappa shape index (κ1) is 18.7. The summed E-state index contributed by atoms with van der Waals surface area (Å²) in [5.74, 6) is 1.80. The van der Waals surface area contributed by atoms with Crippen molar-refractivity contribution in [2.75, 3.05) is 12.4 Å². The highest BCUT2D eigenvalue weighted by Gasteiger charge is 2.27. The van der Waals surface area contributed by atoms with Gasteiger partial charge in [-0.15, -0.1) is 0 Å². The van der Waals surface area contributed by atoms with Gasteiger partial charge in [-0.2, -0.15) is 10.2 Å². The fraction of sp³-hybridized carbons (Fsp3) is 0.348. The first-order chi connectivity index (χ1) is 14.7. The molecule has 0 spiro atoms. The molecule has 1 aliphatic rings. The number of rotatable bonds is 5. The molecule has 1 fully saturated rings. The van der Waals surface area contributed by atoms with E-state index in [2.05, 4.69) is 26.1 Å². The average molecular weight is 403 g/mol. The topological polar surface area (TPSA) is 69.8 Å². The van der Waals surface area contributed by atoms with Gasteiger partial charge in [0.25, 0.3) is 0 Å². The number of hydrogen-bond acceptors (Lipinski definition) is 5. The third kappa shape index (κ3) is 3.51. The van der Waals surface area contributed by atoms with Gasteiger partial charge in [0.1, 0.15) is 17.3 Å². The minimum Gasteiger partial charge on any atom is -0.490 e. The van der Waals surface area contributed by atoms with Gasteiger partial charge in [0.15, 0.2) is 0 Å². The Labute approximate surface area is 175 Å². The molecule has 3 heterocycles. The monoisotopic (exact) mass is 402 g/mol. The Bertz CT molecular complexity index is 1140. The van der Waals surface area contributed by atoms with Gasteiger partial charge in [0, 0.05) is 43.5 Å². The lowest BCUT2D eigenvalue weighted by molar-refractivity contribution is 0.131. The summed E-state index contributed by atoms with van der Waals surface area (Å²) in [6, 6.07) is 12.5. The molecule has 0 amide bonds. The quantitative estimate of drug-likeness (QED) is 0.535. The number of para-hydroxylation sites is 1. The Morgan fingerprint density at radius 3 is 2.57 bits per heavy atom. The number of anilines is 1. The molecule has 30 heavy (non-hydrogen) atoms. The molecule has 0 radical (unpaired) electrons. The smallest absolute Gasteiger partial charge is 0.127 e. The summed E-state index contributed by atoms with van der Waals surface area (Å²) < 4.78 is 10.2. The average Bonchev–Trinajstić information content (AvgIpc) is 3.38. The van der Waals surface area contributed by atoms with Gasteiger partial charge in [-0.1, -0.05) is 18.2 Å². The summed E-state index contributed by atoms with van der Waals surface area (Å²) >= 11 is 0. The van der Waals surface area contributed by atoms with Crippen LogP contribution in [0.3, 0.4) is 0 Å². The standard InChI is InChI=1S/C23H26N6O/c1-24-22-12-21-20(14-25-22)23(16-13-26-28(2)15-16)27-29(21)17-8-10-19(11-9-17)30-18-6-4-3-5-7-18/h3-7,12-15,17,19H,8-11H2,1-2H3,(H,24,25). The largest absolute Gasteiger partial charge is 0.490 e. The van der Waals surface area contributed by atoms with E-state index >= 15 is 0 Å². The Kier molecular flexibility index (Phi) is 4.86. The van der Waals surface area contributed by atoms with Crippen LogP contribution in [-0.4, -0.2) is 37.7 Å². The van der Waals surface area contributed by atoms with Crippen LogP contribution in [0.2, 0.25) is 0 Å². The number of hydrogen-bond donors (Lipinski definition) is 1. The molecule has 1 saturated carbocycles. The molecular formula is C23H26N6O. The van der Waals surface area contributed by atoms with E-state index in [0.29, 0.717) is 6.04 Å². The van der Waals surface area contributed by atoms with Crippen LogP contribution >= 0.6 is 0 Å². The zero-order chi connectivity index (χ0) is 20.5. The molecule has 3 aromatic heterocycles. The molecule has 1 aliphatic carbocycles. The van der Waals surface area contributed by atoms with Crippen molar-refractivity contribution in [3.05, 3.63) is 55.0 Å². The third-order valence-electron chi connectivity index (χ3n) is 5.86. The fourth-order valence-corrected chi connectivity index (χ4v) is 4.30. The second kappa shape index (κ2) is 7.82. The molecule has 5 rings (SSSR count). The summed E-state index contributed by atoms with van der Waals surface area (Å²) in [4.78, 5) is 4.52. The van der Waals surface area contributed by atoms with Crippen LogP contribution in [0.25, 0.3) is 22.2 Å². The van der Waals surface area contributed by atoms with Gasteiger partial charge < -0.3 is 10.1 Å². The van der Waals surface area contributed by atoms with E-state index in [-0.39, 0.29) is 6.10 Å². The molecule has 0 unspecified atom stereocenters. The number of pyridine rings is 1. The van der Waals surface area contributed by atoms with Gasteiger partial charge in [0.2, 0.25) is 0 Å². The molecule has 0 aliphatic heterocycles. The lowest BCUT2D eigenvalue weighted by Crippen LogP contribution is -2.26. The normalized spacial score (nSPS) is 19.1. The molecule has 7 nitrogen and oxygen atoms in total. The molecule has 154 valence electrons. The summed E-state index contributed by atoms with van der Waals surface area (Å²) in [6.07, 6.45) is 10.2. The molecule has 7 heteroatoms. The van der Waals surface area contributed by atoms with Crippen LogP contribution in [0.5, 0.6) is 5.75 Å². The summed E-state index contributed by atoms with van der Waals surface area (Å²) in [5.41, 5.74) is 3.07. The van der Waals surface area contributed by atoms with Crippen LogP contribution in [-0.2, 0) is 7.05 Å². The first-order valence-electron chi connectivity index (χ1n) is 10.5. The fourth-order valence-electron chi connectivity index (χ4n) is 4.30. The molecule has 0 saturated heterocycles. The highest BCUT2D eigenvalue weighted by atomic mass is 16.5. The van der Waals surface area contributed by atoms with E-state index in [1.807, 2.05) is 67.7 Å². The summed E-state index contributed by atoms with van der Waals surface area (Å²) in [6.45, 7) is 0. The zero-order valence-electron chi connectivity index (χ0n) is 17.3. The highest BCUT2D eigenvalue weighted by Crippen LogP contribution is 2.36. The number of fused-ring (bicyclic) bond motifs is 1. The Balaban J connectivity index is 1.42. The maximum Gasteiger partial charge on any atom is 0.127 e. The van der Waals surface area contributed by atoms with Crippen LogP contribution in [0, 0.1) is 0 Å². The van der Waals surface area contributed by atoms with Crippen molar-refractivity contribution < 1.29 is 4.74 Å². The maximum atomic E-state index is 6.18. The molecule has 1 aromatic carbocycles. The number of aryl methyl sites for hydroxylation is 1. The van der Waals surface area contributed by atoms with Crippen LogP contribution in [0.15, 0.2) is 55.0 Å². The van der Waals surface area contributed by atoms with E-state index in [9.17, 15) is 0 Å². The van der Waals surface area contributed by atoms with Gasteiger partial charge in [-0.25, -0.2) is 4.98 Å². The number of nitrogens with zero attached hydrogens (tertiary/aromatic N) is 5. The van der Waals surface area contributed by atoms with Gasteiger partial charge in [-0.3, -0.25) is 9.36 Å². The van der Waals surface area contributed by atoms with Crippen molar-refractivity contribution in [1.29, 1.82) is 0 Å². The van der Waals surface area contributed by atoms with Gasteiger partial charge in [-0.05, 0) is 37.8 Å². The minimum absolute atomic E-state index is 0.262. The van der Waals surface area contributed by atoms with Gasteiger partial charge in [0.05, 0.1) is 23.9 Å². The van der Waals surface area contributed by atoms with E-state index in [1.54, 1.807) is 0 Å². The van der Waals surface area contributed by atoms with E-state index < -0.39 is 0 Å². The number of nitrogens with one attached hydrogen (secondary N) is 1. The number of ether oxygens (including phenoxy) is 1. The summed E-state index contributed by atoms with van der Waals surface area (Å²) in [5, 5.41) is 13.6. The summed E-state index contributed by atoms with van der Waals surface area (Å²) in [7, 11) is 3.82. The zero-order valence-corrected chi connectivity index (χ0v) is 17.3. The highest BCUT2D eigenvalue weighted by molar-refractivity contribution is 5.93. The third-order valence-corrected chi connectivity index (χ3v) is 5.86. The van der Waals surface area contributed by atoms with Crippen LogP contribution in [0.1, 0.15) is 31.7 Å². The SMILES string of the molecule is CNc1cc2c(cn1)c(-c1cnn(C)c1)nn2C1CCC(Oc2ccccc2)CC1. The molecule has 0 bridgehead atoms. The van der Waals surface area contributed by atoms with Crippen molar-refractivity contribution in [2.45, 2.75) is 37.8 Å². The Hall–Kier alpha value is -3.35. The van der Waals surface area contributed by atoms with Crippen LogP contribution in [0.4, 0.5) is 5.82 Å². The van der Waals surface area contributed by atoms with E-state index in [4.69, 9.17) is 9.84 Å². The van der Waals surface area contributed by atoms with Crippen molar-refractivity contribution in [3.8, 4) is 17.0 Å². The van der Waals surface area contributed by atoms with Gasteiger partial charge >= 0.3 is 0 Å². The molecule has 1 N–H and O–H groups in total. The van der Waals surface area contributed by atoms with Crippen molar-refractivity contribution in [3.63, 3.8) is 0 Å². The second-order valence-electron chi connectivity index (χ2n) is 7.89. The van der Waals surface area contributed by atoms with E-state index in [0.717, 1.165) is 59.4 Å². The van der Waals surface area contributed by atoms with E-state index in [1.165, 1.54) is 0 Å². The Morgan fingerprint density at radius 2 is 1.87 bits per heavy atom. The number of aromatic nitrogens is 5. The van der Waals surface area contributed by atoms with Crippen molar-refractivity contribution in [1.82, 2.24) is 24.5 Å². The molecular weight excluding hydrogens is 376 g/mol. The minimum atomic E-state index is 0.262. The lowest BCUT2D eigenvalue weighted by atomic mass is 9.93. The lowest BCUT2D eigenvalue weighted by Gasteiger charge is -2.29. The predicted octanol–water partition coefficient (Wildman–Crippen LogP) is 4.44. The molecule has 0 atom stereocenters. The Morgan fingerprint density at radius 1 is 1.07 bits per heavy atom. The second-order valence-corrected chi connectivity index (χ2v) is 7.89. The van der Waals surface area contributed by atoms with Crippen LogP contribution < -0.4 is 10.1 Å². The first-order valence-corrected chi connectivity index (χ1v) is 10.5.